The highest BCUT2D eigenvalue weighted by Gasteiger charge is 2.17. The van der Waals surface area contributed by atoms with Crippen LogP contribution in [0.4, 0.5) is 0 Å². The Morgan fingerprint density at radius 1 is 0.581 bits per heavy atom. The Morgan fingerprint density at radius 2 is 1.03 bits per heavy atom. The molecule has 0 fully saturated rings. The number of ether oxygens (including phenoxy) is 2. The van der Waals surface area contributed by atoms with Gasteiger partial charge in [0.2, 0.25) is 9.84 Å². The summed E-state index contributed by atoms with van der Waals surface area (Å²) in [5.41, 5.74) is 0. The molecule has 1 unspecified atom stereocenters. The van der Waals surface area contributed by atoms with Crippen LogP contribution >= 0.6 is 8.58 Å². The summed E-state index contributed by atoms with van der Waals surface area (Å²) in [5, 5.41) is 2.50. The molecule has 4 aromatic rings. The summed E-state index contributed by atoms with van der Waals surface area (Å²) in [6.45, 7) is 0. The van der Waals surface area contributed by atoms with Crippen molar-refractivity contribution >= 4 is 29.0 Å². The maximum absolute atomic E-state index is 12.8. The van der Waals surface area contributed by atoms with Gasteiger partial charge in [0.1, 0.15) is 17.2 Å². The highest BCUT2D eigenvalue weighted by Crippen LogP contribution is 2.27. The molecular formula is C25H21O4PS. The molecule has 4 nitrogen and oxygen atoms in total. The Hall–Kier alpha value is -3.14. The van der Waals surface area contributed by atoms with Crippen LogP contribution in [-0.2, 0) is 9.84 Å². The third-order valence-corrected chi connectivity index (χ3v) is 7.69. The van der Waals surface area contributed by atoms with Gasteiger partial charge in [-0.05, 0) is 71.3 Å². The summed E-state index contributed by atoms with van der Waals surface area (Å²) in [6.07, 6.45) is 0. The van der Waals surface area contributed by atoms with E-state index in [-0.39, 0.29) is 9.79 Å². The first-order valence-electron chi connectivity index (χ1n) is 9.64. The van der Waals surface area contributed by atoms with E-state index in [9.17, 15) is 8.42 Å². The molecule has 0 aliphatic heterocycles. The molecule has 31 heavy (non-hydrogen) atoms. The van der Waals surface area contributed by atoms with Crippen molar-refractivity contribution in [3.63, 3.8) is 0 Å². The molecule has 0 aliphatic rings. The van der Waals surface area contributed by atoms with Crippen LogP contribution in [0.2, 0.25) is 0 Å². The van der Waals surface area contributed by atoms with Crippen molar-refractivity contribution in [2.45, 2.75) is 9.79 Å². The minimum Gasteiger partial charge on any atom is -0.497 e. The second-order valence-corrected chi connectivity index (χ2v) is 10.1. The summed E-state index contributed by atoms with van der Waals surface area (Å²) >= 11 is 0. The van der Waals surface area contributed by atoms with E-state index in [0.717, 1.165) is 0 Å². The molecule has 0 saturated carbocycles. The van der Waals surface area contributed by atoms with Crippen LogP contribution in [0.1, 0.15) is 0 Å². The van der Waals surface area contributed by atoms with Crippen molar-refractivity contribution in [3.05, 3.63) is 103 Å². The molecule has 0 saturated heterocycles. The smallest absolute Gasteiger partial charge is 0.206 e. The number of sulfone groups is 1. The van der Waals surface area contributed by atoms with Crippen LogP contribution in [-0.4, -0.2) is 15.5 Å². The molecule has 156 valence electrons. The zero-order valence-corrected chi connectivity index (χ0v) is 18.7. The summed E-state index contributed by atoms with van der Waals surface area (Å²) < 4.78 is 36.6. The van der Waals surface area contributed by atoms with Gasteiger partial charge < -0.3 is 9.47 Å². The lowest BCUT2D eigenvalue weighted by Gasteiger charge is -2.09. The van der Waals surface area contributed by atoms with Crippen LogP contribution in [0.3, 0.4) is 0 Å². The third kappa shape index (κ3) is 5.13. The lowest BCUT2D eigenvalue weighted by molar-refractivity contribution is 0.414. The van der Waals surface area contributed by atoms with Gasteiger partial charge in [-0.15, -0.1) is 0 Å². The fourth-order valence-corrected chi connectivity index (χ4v) is 5.30. The van der Waals surface area contributed by atoms with Gasteiger partial charge >= 0.3 is 0 Å². The van der Waals surface area contributed by atoms with Crippen molar-refractivity contribution in [3.8, 4) is 17.2 Å². The second-order valence-electron chi connectivity index (χ2n) is 6.77. The van der Waals surface area contributed by atoms with Gasteiger partial charge in [-0.1, -0.05) is 51.0 Å². The van der Waals surface area contributed by atoms with E-state index in [1.54, 1.807) is 43.5 Å². The van der Waals surface area contributed by atoms with Gasteiger partial charge in [0.15, 0.2) is 0 Å². The summed E-state index contributed by atoms with van der Waals surface area (Å²) in [6, 6.07) is 31.0. The standard InChI is InChI=1S/C25H21O4PS/c1-28-19-9-15-24(16-10-19)31(26,27)25-17-11-21(12-18-25)29-20-7-13-23(14-8-20)30-22-5-3-2-4-6-22/h2-18,30H,1H3. The second kappa shape index (κ2) is 9.34. The fraction of sp³-hybridized carbons (Fsp3) is 0.0400. The van der Waals surface area contributed by atoms with Gasteiger partial charge in [0, 0.05) is 0 Å². The average Bonchev–Trinajstić information content (AvgIpc) is 2.81. The van der Waals surface area contributed by atoms with Crippen LogP contribution in [0.5, 0.6) is 17.2 Å². The van der Waals surface area contributed by atoms with E-state index in [4.69, 9.17) is 9.47 Å². The van der Waals surface area contributed by atoms with Gasteiger partial charge in [-0.3, -0.25) is 0 Å². The highest BCUT2D eigenvalue weighted by molar-refractivity contribution is 7.91. The topological polar surface area (TPSA) is 52.6 Å². The van der Waals surface area contributed by atoms with Gasteiger partial charge in [-0.2, -0.15) is 0 Å². The normalized spacial score (nSPS) is 11.5. The number of rotatable bonds is 7. The first-order chi connectivity index (χ1) is 15.0. The molecular weight excluding hydrogens is 427 g/mol. The van der Waals surface area contributed by atoms with Gasteiger partial charge in [-0.25, -0.2) is 8.42 Å². The minimum atomic E-state index is -3.60. The van der Waals surface area contributed by atoms with E-state index in [1.807, 2.05) is 42.5 Å². The van der Waals surface area contributed by atoms with Crippen LogP contribution in [0.15, 0.2) is 113 Å². The van der Waals surface area contributed by atoms with E-state index in [1.165, 1.54) is 22.7 Å². The van der Waals surface area contributed by atoms with E-state index in [0.29, 0.717) is 25.8 Å². The predicted octanol–water partition coefficient (Wildman–Crippen LogP) is 4.95. The predicted molar refractivity (Wildman–Crippen MR) is 125 cm³/mol. The first-order valence-corrected chi connectivity index (χ1v) is 12.1. The first kappa shape index (κ1) is 21.1. The van der Waals surface area contributed by atoms with Crippen molar-refractivity contribution in [2.24, 2.45) is 0 Å². The minimum absolute atomic E-state index is 0.212. The van der Waals surface area contributed by atoms with Crippen LogP contribution in [0.25, 0.3) is 0 Å². The Labute approximate surface area is 184 Å². The Balaban J connectivity index is 1.44. The Morgan fingerprint density at radius 3 is 1.55 bits per heavy atom. The summed E-state index contributed by atoms with van der Waals surface area (Å²) in [4.78, 5) is 0.432. The number of benzene rings is 4. The molecule has 0 N–H and O–H groups in total. The maximum Gasteiger partial charge on any atom is 0.206 e. The largest absolute Gasteiger partial charge is 0.497 e. The Bertz CT molecular complexity index is 1240. The quantitative estimate of drug-likeness (QED) is 0.376. The summed E-state index contributed by atoms with van der Waals surface area (Å²) in [5.74, 6) is 1.89. The zero-order valence-electron chi connectivity index (χ0n) is 16.9. The molecule has 0 heterocycles. The van der Waals surface area contributed by atoms with E-state index >= 15 is 0 Å². The van der Waals surface area contributed by atoms with Crippen LogP contribution in [0, 0.1) is 0 Å². The maximum atomic E-state index is 12.8. The highest BCUT2D eigenvalue weighted by atomic mass is 32.2. The number of methoxy groups -OCH3 is 1. The number of hydrogen-bond acceptors (Lipinski definition) is 4. The number of hydrogen-bond donors (Lipinski definition) is 0. The lowest BCUT2D eigenvalue weighted by Crippen LogP contribution is -2.02. The zero-order chi connectivity index (χ0) is 21.7. The SMILES string of the molecule is COc1ccc(S(=O)(=O)c2ccc(Oc3ccc(Pc4ccccc4)cc3)cc2)cc1. The molecule has 0 radical (unpaired) electrons. The van der Waals surface area contributed by atoms with Crippen molar-refractivity contribution < 1.29 is 17.9 Å². The van der Waals surface area contributed by atoms with Gasteiger partial charge in [0.05, 0.1) is 16.9 Å². The average molecular weight is 448 g/mol. The molecule has 6 heteroatoms. The lowest BCUT2D eigenvalue weighted by atomic mass is 10.3. The molecule has 0 amide bonds. The van der Waals surface area contributed by atoms with Crippen molar-refractivity contribution in [2.75, 3.05) is 7.11 Å². The molecule has 0 bridgehead atoms. The van der Waals surface area contributed by atoms with Gasteiger partial charge in [0.25, 0.3) is 0 Å². The molecule has 0 aliphatic carbocycles. The third-order valence-electron chi connectivity index (χ3n) is 4.66. The molecule has 0 spiro atoms. The fourth-order valence-electron chi connectivity index (χ4n) is 3.01. The Kier molecular flexibility index (Phi) is 6.36. The molecule has 4 rings (SSSR count). The van der Waals surface area contributed by atoms with Crippen molar-refractivity contribution in [1.29, 1.82) is 0 Å². The van der Waals surface area contributed by atoms with Crippen LogP contribution < -0.4 is 20.1 Å². The molecule has 1 atom stereocenters. The van der Waals surface area contributed by atoms with Crippen molar-refractivity contribution in [1.82, 2.24) is 0 Å². The monoisotopic (exact) mass is 448 g/mol. The summed E-state index contributed by atoms with van der Waals surface area (Å²) in [7, 11) is -1.47. The molecule has 4 aromatic carbocycles. The van der Waals surface area contributed by atoms with E-state index in [2.05, 4.69) is 12.1 Å². The van der Waals surface area contributed by atoms with E-state index < -0.39 is 9.84 Å². The molecule has 0 aromatic heterocycles.